The fourth-order valence-electron chi connectivity index (χ4n) is 5.05. The molecule has 1 unspecified atom stereocenters. The summed E-state index contributed by atoms with van der Waals surface area (Å²) in [7, 11) is 0. The minimum absolute atomic E-state index is 0.0325. The summed E-state index contributed by atoms with van der Waals surface area (Å²) in [5.74, 6) is 0.343. The van der Waals surface area contributed by atoms with E-state index in [1.165, 1.54) is 31.4 Å². The summed E-state index contributed by atoms with van der Waals surface area (Å²) >= 11 is 0. The predicted octanol–water partition coefficient (Wildman–Crippen LogP) is 3.48. The molecule has 1 fully saturated rings. The van der Waals surface area contributed by atoms with E-state index in [2.05, 4.69) is 15.6 Å². The molecule has 0 bridgehead atoms. The van der Waals surface area contributed by atoms with E-state index in [4.69, 9.17) is 5.73 Å². The molecule has 1 saturated carbocycles. The zero-order chi connectivity index (χ0) is 25.7. The van der Waals surface area contributed by atoms with Crippen LogP contribution in [0.1, 0.15) is 62.1 Å². The lowest BCUT2D eigenvalue weighted by Gasteiger charge is -2.29. The first-order valence-electron chi connectivity index (χ1n) is 12.5. The van der Waals surface area contributed by atoms with Gasteiger partial charge in [0.1, 0.15) is 5.54 Å². The Morgan fingerprint density at radius 3 is 2.28 bits per heavy atom. The number of aliphatic imine (C=N–C) groups is 1. The molecule has 0 saturated heterocycles. The van der Waals surface area contributed by atoms with Crippen LogP contribution in [0.3, 0.4) is 0 Å². The van der Waals surface area contributed by atoms with Gasteiger partial charge in [-0.25, -0.2) is 9.79 Å². The third-order valence-electron chi connectivity index (χ3n) is 7.06. The summed E-state index contributed by atoms with van der Waals surface area (Å²) in [6.07, 6.45) is 6.80. The van der Waals surface area contributed by atoms with Crippen molar-refractivity contribution in [3.63, 3.8) is 0 Å². The minimum Gasteiger partial charge on any atom is -0.504 e. The first-order valence-corrected chi connectivity index (χ1v) is 12.5. The van der Waals surface area contributed by atoms with Crippen LogP contribution >= 0.6 is 0 Å². The molecule has 1 atom stereocenters. The molecule has 36 heavy (non-hydrogen) atoms. The van der Waals surface area contributed by atoms with Crippen molar-refractivity contribution in [1.29, 1.82) is 0 Å². The number of nitrogens with two attached hydrogens (primary N) is 1. The maximum atomic E-state index is 13.2. The van der Waals surface area contributed by atoms with Crippen LogP contribution in [0.5, 0.6) is 11.5 Å². The lowest BCUT2D eigenvalue weighted by Crippen LogP contribution is -2.43. The highest BCUT2D eigenvalue weighted by Crippen LogP contribution is 2.35. The Balaban J connectivity index is 1.25. The molecule has 1 aliphatic heterocycles. The Bertz CT molecular complexity index is 1130. The van der Waals surface area contributed by atoms with Crippen molar-refractivity contribution in [2.24, 2.45) is 16.6 Å². The van der Waals surface area contributed by atoms with Gasteiger partial charge in [-0.05, 0) is 48.1 Å². The normalized spacial score (nSPS) is 20.3. The maximum Gasteiger partial charge on any atom is 0.315 e. The highest BCUT2D eigenvalue weighted by atomic mass is 16.3. The van der Waals surface area contributed by atoms with Crippen molar-refractivity contribution in [3.8, 4) is 11.5 Å². The van der Waals surface area contributed by atoms with Gasteiger partial charge in [0.25, 0.3) is 5.91 Å². The number of phenols is 2. The molecule has 0 radical (unpaired) electrons. The molecule has 0 aromatic heterocycles. The van der Waals surface area contributed by atoms with Crippen LogP contribution in [-0.4, -0.2) is 38.5 Å². The monoisotopic (exact) mass is 493 g/mol. The van der Waals surface area contributed by atoms with Crippen molar-refractivity contribution in [1.82, 2.24) is 15.5 Å². The number of phenolic OH excluding ortho intramolecular Hbond substituents is 2. The molecule has 4 rings (SSSR count). The Morgan fingerprint density at radius 1 is 1.00 bits per heavy atom. The van der Waals surface area contributed by atoms with Gasteiger partial charge in [-0.3, -0.25) is 9.69 Å². The van der Waals surface area contributed by atoms with Crippen LogP contribution in [0.25, 0.3) is 0 Å². The average molecular weight is 494 g/mol. The summed E-state index contributed by atoms with van der Waals surface area (Å²) in [5.41, 5.74) is 7.90. The van der Waals surface area contributed by atoms with Crippen LogP contribution in [0, 0.1) is 5.92 Å². The highest BCUT2D eigenvalue weighted by Gasteiger charge is 2.45. The van der Waals surface area contributed by atoms with Crippen molar-refractivity contribution in [3.05, 3.63) is 59.2 Å². The topological polar surface area (TPSA) is 140 Å². The van der Waals surface area contributed by atoms with E-state index in [1.54, 1.807) is 11.0 Å². The maximum absolute atomic E-state index is 13.2. The van der Waals surface area contributed by atoms with Crippen LogP contribution in [0.4, 0.5) is 4.79 Å². The fraction of sp³-hybridized carbons (Fsp3) is 0.444. The molecule has 2 aromatic carbocycles. The smallest absolute Gasteiger partial charge is 0.315 e. The summed E-state index contributed by atoms with van der Waals surface area (Å²) in [5, 5.41) is 24.4. The second-order valence-corrected chi connectivity index (χ2v) is 10.0. The molecule has 9 heteroatoms. The molecule has 192 valence electrons. The lowest BCUT2D eigenvalue weighted by molar-refractivity contribution is -0.131. The van der Waals surface area contributed by atoms with Gasteiger partial charge in [0.15, 0.2) is 17.5 Å². The summed E-state index contributed by atoms with van der Waals surface area (Å²) in [6, 6.07) is 11.7. The second kappa shape index (κ2) is 10.9. The van der Waals surface area contributed by atoms with Gasteiger partial charge >= 0.3 is 6.03 Å². The van der Waals surface area contributed by atoms with E-state index in [-0.39, 0.29) is 35.9 Å². The fourth-order valence-corrected chi connectivity index (χ4v) is 5.05. The molecule has 1 aliphatic carbocycles. The molecule has 2 aliphatic rings. The lowest BCUT2D eigenvalue weighted by atomic mass is 9.80. The van der Waals surface area contributed by atoms with Crippen molar-refractivity contribution < 1.29 is 19.8 Å². The molecule has 0 spiro atoms. The molecule has 3 amide bonds. The van der Waals surface area contributed by atoms with Gasteiger partial charge in [-0.2, -0.15) is 0 Å². The first kappa shape index (κ1) is 25.3. The number of amides is 3. The number of rotatable bonds is 8. The van der Waals surface area contributed by atoms with Crippen molar-refractivity contribution in [2.75, 3.05) is 0 Å². The van der Waals surface area contributed by atoms with E-state index in [0.29, 0.717) is 24.6 Å². The Labute approximate surface area is 211 Å². The standard InChI is InChI=1S/C27H35N5O4/c1-27(14-18-5-3-2-4-6-18)24(35)32(25(28)31-27)17-20-9-7-19(8-10-20)15-29-26(36)30-16-21-11-12-22(33)23(34)13-21/h7-13,18,33-34H,2-6,14-17H2,1H3,(H2,28,31)(H2,29,30,36). The van der Waals surface area contributed by atoms with E-state index in [0.717, 1.165) is 30.4 Å². The zero-order valence-electron chi connectivity index (χ0n) is 20.7. The number of benzene rings is 2. The van der Waals surface area contributed by atoms with E-state index >= 15 is 0 Å². The van der Waals surface area contributed by atoms with Gasteiger partial charge in [0.05, 0.1) is 6.54 Å². The van der Waals surface area contributed by atoms with Crippen molar-refractivity contribution >= 4 is 17.9 Å². The molecular weight excluding hydrogens is 458 g/mol. The third kappa shape index (κ3) is 6.08. The van der Waals surface area contributed by atoms with Crippen LogP contribution in [0.2, 0.25) is 0 Å². The van der Waals surface area contributed by atoms with Crippen LogP contribution in [0.15, 0.2) is 47.5 Å². The van der Waals surface area contributed by atoms with Gasteiger partial charge in [-0.15, -0.1) is 0 Å². The summed E-state index contributed by atoms with van der Waals surface area (Å²) < 4.78 is 0. The largest absolute Gasteiger partial charge is 0.504 e. The number of nitrogens with one attached hydrogen (secondary N) is 2. The van der Waals surface area contributed by atoms with E-state index < -0.39 is 5.54 Å². The molecular formula is C27H35N5O4. The van der Waals surface area contributed by atoms with Gasteiger partial charge < -0.3 is 26.6 Å². The first-order chi connectivity index (χ1) is 17.2. The van der Waals surface area contributed by atoms with Gasteiger partial charge in [0.2, 0.25) is 0 Å². The Hall–Kier alpha value is -3.75. The molecule has 2 aromatic rings. The number of carbonyl (C=O) groups excluding carboxylic acids is 2. The highest BCUT2D eigenvalue weighted by molar-refractivity contribution is 6.06. The number of carbonyl (C=O) groups is 2. The summed E-state index contributed by atoms with van der Waals surface area (Å²) in [4.78, 5) is 31.5. The van der Waals surface area contributed by atoms with Crippen LogP contribution in [-0.2, 0) is 24.4 Å². The molecule has 1 heterocycles. The minimum atomic E-state index is -0.776. The number of guanidine groups is 1. The number of urea groups is 1. The third-order valence-corrected chi connectivity index (χ3v) is 7.06. The van der Waals surface area contributed by atoms with Gasteiger partial charge in [0, 0.05) is 13.1 Å². The van der Waals surface area contributed by atoms with Crippen LogP contribution < -0.4 is 16.4 Å². The Kier molecular flexibility index (Phi) is 7.67. The summed E-state index contributed by atoms with van der Waals surface area (Å²) in [6.45, 7) is 2.81. The van der Waals surface area contributed by atoms with E-state index in [1.807, 2.05) is 31.2 Å². The number of hydrogen-bond acceptors (Lipinski definition) is 6. The predicted molar refractivity (Wildman–Crippen MR) is 137 cm³/mol. The van der Waals surface area contributed by atoms with Crippen molar-refractivity contribution in [2.45, 2.75) is 70.6 Å². The molecule has 9 nitrogen and oxygen atoms in total. The quantitative estimate of drug-likeness (QED) is 0.358. The average Bonchev–Trinajstić information content (AvgIpc) is 3.07. The second-order valence-electron chi connectivity index (χ2n) is 10.0. The zero-order valence-corrected chi connectivity index (χ0v) is 20.7. The molecule has 6 N–H and O–H groups in total. The number of hydrogen-bond donors (Lipinski definition) is 5. The van der Waals surface area contributed by atoms with Gasteiger partial charge in [-0.1, -0.05) is 62.4 Å². The Morgan fingerprint density at radius 2 is 1.61 bits per heavy atom. The van der Waals surface area contributed by atoms with E-state index in [9.17, 15) is 19.8 Å². The SMILES string of the molecule is CC1(CC2CCCCC2)N=C(N)N(Cc2ccc(CNC(=O)NCc3ccc(O)c(O)c3)cc2)C1=O. The number of aromatic hydroxyl groups is 2. The number of nitrogens with zero attached hydrogens (tertiary/aromatic N) is 2.